The van der Waals surface area contributed by atoms with E-state index in [4.69, 9.17) is 0 Å². The van der Waals surface area contributed by atoms with Crippen molar-refractivity contribution in [1.82, 2.24) is 19.0 Å². The van der Waals surface area contributed by atoms with Crippen LogP contribution in [0.25, 0.3) is 11.3 Å². The van der Waals surface area contributed by atoms with Crippen LogP contribution in [0.2, 0.25) is 0 Å². The molecule has 1 aromatic heterocycles. The van der Waals surface area contributed by atoms with Crippen molar-refractivity contribution in [1.29, 1.82) is 0 Å². The molecule has 0 bridgehead atoms. The third-order valence-corrected chi connectivity index (χ3v) is 6.25. The molecule has 0 saturated carbocycles. The van der Waals surface area contributed by atoms with Gasteiger partial charge in [0.25, 0.3) is 0 Å². The first kappa shape index (κ1) is 17.1. The molecule has 0 aliphatic carbocycles. The van der Waals surface area contributed by atoms with Crippen molar-refractivity contribution in [2.45, 2.75) is 24.8 Å². The molecule has 1 fully saturated rings. The van der Waals surface area contributed by atoms with Crippen LogP contribution >= 0.6 is 0 Å². The fourth-order valence-electron chi connectivity index (χ4n) is 2.79. The molecule has 2 heterocycles. The highest BCUT2D eigenvalue weighted by Crippen LogP contribution is 2.29. The second kappa shape index (κ2) is 6.66. The van der Waals surface area contributed by atoms with Gasteiger partial charge < -0.3 is 4.90 Å². The van der Waals surface area contributed by atoms with Gasteiger partial charge >= 0.3 is 0 Å². The summed E-state index contributed by atoms with van der Waals surface area (Å²) in [5.74, 6) is 0. The Morgan fingerprint density at radius 3 is 2.25 bits per heavy atom. The Hall–Kier alpha value is -1.70. The molecule has 0 amide bonds. The maximum Gasteiger partial charge on any atom is 0.246 e. The van der Waals surface area contributed by atoms with E-state index in [-0.39, 0.29) is 6.04 Å². The van der Waals surface area contributed by atoms with Gasteiger partial charge in [0, 0.05) is 44.0 Å². The molecule has 1 aliphatic rings. The minimum atomic E-state index is -3.55. The third kappa shape index (κ3) is 3.24. The lowest BCUT2D eigenvalue weighted by atomic mass is 10.2. The van der Waals surface area contributed by atoms with Crippen LogP contribution in [0.3, 0.4) is 0 Å². The predicted octanol–water partition coefficient (Wildman–Crippen LogP) is 2.07. The number of rotatable bonds is 4. The maximum atomic E-state index is 13.2. The van der Waals surface area contributed by atoms with Crippen LogP contribution < -0.4 is 0 Å². The van der Waals surface area contributed by atoms with Gasteiger partial charge in [0.2, 0.25) is 10.0 Å². The second-order valence-electron chi connectivity index (χ2n) is 6.49. The number of piperazine rings is 1. The Labute approximate surface area is 143 Å². The van der Waals surface area contributed by atoms with E-state index in [0.717, 1.165) is 18.7 Å². The zero-order valence-electron chi connectivity index (χ0n) is 14.4. The Morgan fingerprint density at radius 2 is 1.67 bits per heavy atom. The normalized spacial score (nSPS) is 17.5. The number of sulfonamides is 1. The average Bonchev–Trinajstić information content (AvgIpc) is 3.02. The highest BCUT2D eigenvalue weighted by atomic mass is 32.2. The molecule has 1 aliphatic heterocycles. The number of aromatic nitrogens is 2. The molecule has 1 aromatic carbocycles. The number of benzene rings is 1. The molecular weight excluding hydrogens is 324 g/mol. The SMILES string of the molecule is CC(C)n1cc(S(=O)(=O)N2CCN(C)CC2)c(-c2ccccc2)n1. The van der Waals surface area contributed by atoms with Crippen molar-refractivity contribution < 1.29 is 8.42 Å². The highest BCUT2D eigenvalue weighted by Gasteiger charge is 2.32. The van der Waals surface area contributed by atoms with E-state index in [0.29, 0.717) is 23.7 Å². The molecule has 0 spiro atoms. The van der Waals surface area contributed by atoms with E-state index < -0.39 is 10.0 Å². The summed E-state index contributed by atoms with van der Waals surface area (Å²) < 4.78 is 29.7. The smallest absolute Gasteiger partial charge is 0.246 e. The van der Waals surface area contributed by atoms with Crippen LogP contribution in [0, 0.1) is 0 Å². The van der Waals surface area contributed by atoms with E-state index in [9.17, 15) is 8.42 Å². The van der Waals surface area contributed by atoms with E-state index in [1.54, 1.807) is 15.2 Å². The van der Waals surface area contributed by atoms with E-state index in [1.807, 2.05) is 51.2 Å². The van der Waals surface area contributed by atoms with Crippen LogP contribution in [0.5, 0.6) is 0 Å². The van der Waals surface area contributed by atoms with Gasteiger partial charge in [-0.3, -0.25) is 4.68 Å². The van der Waals surface area contributed by atoms with Crippen LogP contribution in [0.4, 0.5) is 0 Å². The topological polar surface area (TPSA) is 58.4 Å². The first-order valence-corrected chi connectivity index (χ1v) is 9.67. The fraction of sp³-hybridized carbons (Fsp3) is 0.471. The Morgan fingerprint density at radius 1 is 1.04 bits per heavy atom. The molecule has 0 N–H and O–H groups in total. The lowest BCUT2D eigenvalue weighted by Crippen LogP contribution is -2.47. The van der Waals surface area contributed by atoms with E-state index in [1.165, 1.54) is 0 Å². The summed E-state index contributed by atoms with van der Waals surface area (Å²) in [4.78, 5) is 2.44. The molecule has 0 atom stereocenters. The van der Waals surface area contributed by atoms with Gasteiger partial charge in [0.1, 0.15) is 10.6 Å². The summed E-state index contributed by atoms with van der Waals surface area (Å²) in [5, 5.41) is 4.56. The second-order valence-corrected chi connectivity index (χ2v) is 8.40. The zero-order chi connectivity index (χ0) is 17.3. The predicted molar refractivity (Wildman–Crippen MR) is 94.3 cm³/mol. The average molecular weight is 348 g/mol. The molecule has 130 valence electrons. The number of likely N-dealkylation sites (N-methyl/N-ethyl adjacent to an activating group) is 1. The summed E-state index contributed by atoms with van der Waals surface area (Å²) in [6, 6.07) is 9.61. The molecule has 7 heteroatoms. The van der Waals surface area contributed by atoms with Crippen LogP contribution in [0.1, 0.15) is 19.9 Å². The fourth-order valence-corrected chi connectivity index (χ4v) is 4.36. The van der Waals surface area contributed by atoms with Crippen LogP contribution in [0.15, 0.2) is 41.4 Å². The lowest BCUT2D eigenvalue weighted by molar-refractivity contribution is 0.222. The standard InChI is InChI=1S/C17H24N4O2S/c1-14(2)21-13-16(17(18-21)15-7-5-4-6-8-15)24(22,23)20-11-9-19(3)10-12-20/h4-8,13-14H,9-12H2,1-3H3. The molecule has 3 rings (SSSR count). The van der Waals surface area contributed by atoms with Crippen molar-refractivity contribution in [2.75, 3.05) is 33.2 Å². The van der Waals surface area contributed by atoms with E-state index in [2.05, 4.69) is 10.00 Å². The van der Waals surface area contributed by atoms with Gasteiger partial charge in [0.15, 0.2) is 0 Å². The van der Waals surface area contributed by atoms with Crippen LogP contribution in [-0.2, 0) is 10.0 Å². The van der Waals surface area contributed by atoms with Gasteiger partial charge in [0.05, 0.1) is 0 Å². The van der Waals surface area contributed by atoms with Gasteiger partial charge in [-0.2, -0.15) is 9.40 Å². The zero-order valence-corrected chi connectivity index (χ0v) is 15.2. The monoisotopic (exact) mass is 348 g/mol. The largest absolute Gasteiger partial charge is 0.304 e. The number of hydrogen-bond donors (Lipinski definition) is 0. The Bertz CT molecular complexity index is 791. The molecule has 1 saturated heterocycles. The molecular formula is C17H24N4O2S. The maximum absolute atomic E-state index is 13.2. The van der Waals surface area contributed by atoms with Crippen molar-refractivity contribution in [3.05, 3.63) is 36.5 Å². The minimum absolute atomic E-state index is 0.101. The van der Waals surface area contributed by atoms with Crippen molar-refractivity contribution in [2.24, 2.45) is 0 Å². The summed E-state index contributed by atoms with van der Waals surface area (Å²) in [5.41, 5.74) is 1.35. The number of hydrogen-bond acceptors (Lipinski definition) is 4. The first-order chi connectivity index (χ1) is 11.4. The Kier molecular flexibility index (Phi) is 4.76. The number of nitrogens with zero attached hydrogens (tertiary/aromatic N) is 4. The van der Waals surface area contributed by atoms with Crippen molar-refractivity contribution in [3.63, 3.8) is 0 Å². The molecule has 0 unspecified atom stereocenters. The molecule has 0 radical (unpaired) electrons. The van der Waals surface area contributed by atoms with Crippen molar-refractivity contribution in [3.8, 4) is 11.3 Å². The first-order valence-electron chi connectivity index (χ1n) is 8.23. The van der Waals surface area contributed by atoms with E-state index >= 15 is 0 Å². The quantitative estimate of drug-likeness (QED) is 0.849. The van der Waals surface area contributed by atoms with Gasteiger partial charge in [-0.25, -0.2) is 8.42 Å². The lowest BCUT2D eigenvalue weighted by Gasteiger charge is -2.31. The summed E-state index contributed by atoms with van der Waals surface area (Å²) in [6.07, 6.45) is 1.67. The van der Waals surface area contributed by atoms with Gasteiger partial charge in [-0.1, -0.05) is 30.3 Å². The Balaban J connectivity index is 2.06. The van der Waals surface area contributed by atoms with Gasteiger partial charge in [-0.15, -0.1) is 0 Å². The minimum Gasteiger partial charge on any atom is -0.304 e. The van der Waals surface area contributed by atoms with Crippen molar-refractivity contribution >= 4 is 10.0 Å². The van der Waals surface area contributed by atoms with Gasteiger partial charge in [-0.05, 0) is 20.9 Å². The highest BCUT2D eigenvalue weighted by molar-refractivity contribution is 7.89. The summed E-state index contributed by atoms with van der Waals surface area (Å²) in [6.45, 7) is 6.51. The molecule has 24 heavy (non-hydrogen) atoms. The van der Waals surface area contributed by atoms with Crippen LogP contribution in [-0.4, -0.2) is 60.6 Å². The summed E-state index contributed by atoms with van der Waals surface area (Å²) >= 11 is 0. The third-order valence-electron chi connectivity index (χ3n) is 4.35. The molecule has 2 aromatic rings. The molecule has 6 nitrogen and oxygen atoms in total. The summed E-state index contributed by atoms with van der Waals surface area (Å²) in [7, 11) is -1.54.